The maximum atomic E-state index is 12.0. The Morgan fingerprint density at radius 3 is 2.89 bits per heavy atom. The lowest BCUT2D eigenvalue weighted by atomic mass is 10.1. The van der Waals surface area contributed by atoms with Gasteiger partial charge in [-0.3, -0.25) is 0 Å². The molecule has 6 heteroatoms. The summed E-state index contributed by atoms with van der Waals surface area (Å²) in [6, 6.07) is 6.31. The minimum atomic E-state index is -3.44. The maximum Gasteiger partial charge on any atom is 0.240 e. The number of likely N-dealkylation sites (tertiary alicyclic amines) is 1. The molecule has 18 heavy (non-hydrogen) atoms. The number of benzene rings is 1. The summed E-state index contributed by atoms with van der Waals surface area (Å²) in [7, 11) is -1.39. The van der Waals surface area contributed by atoms with Gasteiger partial charge >= 0.3 is 0 Å². The van der Waals surface area contributed by atoms with Crippen LogP contribution in [0.25, 0.3) is 0 Å². The average molecular weight is 289 g/mol. The zero-order chi connectivity index (χ0) is 13.2. The third kappa shape index (κ3) is 3.45. The molecule has 0 saturated carbocycles. The molecule has 1 aliphatic rings. The van der Waals surface area contributed by atoms with Crippen LogP contribution in [0.1, 0.15) is 6.42 Å². The van der Waals surface area contributed by atoms with Gasteiger partial charge in [0.15, 0.2) is 0 Å². The van der Waals surface area contributed by atoms with Crippen molar-refractivity contribution < 1.29 is 8.42 Å². The Balaban J connectivity index is 1.99. The standard InChI is InChI=1S/C12H17ClN2O2S/c1-15-6-5-10(9-15)8-14-18(16,17)12-4-2-3-11(13)7-12/h2-4,7,10,14H,5-6,8-9H2,1H3. The smallest absolute Gasteiger partial charge is 0.240 e. The van der Waals surface area contributed by atoms with E-state index in [1.54, 1.807) is 18.2 Å². The number of hydrogen-bond acceptors (Lipinski definition) is 3. The molecule has 1 fully saturated rings. The van der Waals surface area contributed by atoms with Crippen LogP contribution < -0.4 is 4.72 Å². The van der Waals surface area contributed by atoms with Gasteiger partial charge in [-0.05, 0) is 44.1 Å². The number of nitrogens with zero attached hydrogens (tertiary/aromatic N) is 1. The number of halogens is 1. The molecular weight excluding hydrogens is 272 g/mol. The molecule has 0 bridgehead atoms. The van der Waals surface area contributed by atoms with Gasteiger partial charge in [0, 0.05) is 18.1 Å². The molecule has 1 unspecified atom stereocenters. The summed E-state index contributed by atoms with van der Waals surface area (Å²) in [5.41, 5.74) is 0. The highest BCUT2D eigenvalue weighted by atomic mass is 35.5. The van der Waals surface area contributed by atoms with Gasteiger partial charge in [-0.15, -0.1) is 0 Å². The first kappa shape index (κ1) is 13.8. The third-order valence-electron chi connectivity index (χ3n) is 3.16. The molecule has 2 rings (SSSR count). The van der Waals surface area contributed by atoms with Crippen LogP contribution in [-0.2, 0) is 10.0 Å². The van der Waals surface area contributed by atoms with E-state index in [2.05, 4.69) is 9.62 Å². The molecule has 0 spiro atoms. The first-order chi connectivity index (χ1) is 8.47. The minimum Gasteiger partial charge on any atom is -0.306 e. The minimum absolute atomic E-state index is 0.223. The van der Waals surface area contributed by atoms with E-state index in [9.17, 15) is 8.42 Å². The molecule has 1 atom stereocenters. The SMILES string of the molecule is CN1CCC(CNS(=O)(=O)c2cccc(Cl)c2)C1. The summed E-state index contributed by atoms with van der Waals surface area (Å²) in [6.07, 6.45) is 1.04. The Labute approximate surface area is 113 Å². The number of sulfonamides is 1. The fourth-order valence-electron chi connectivity index (χ4n) is 2.14. The van der Waals surface area contributed by atoms with Crippen LogP contribution >= 0.6 is 11.6 Å². The topological polar surface area (TPSA) is 49.4 Å². The quantitative estimate of drug-likeness (QED) is 0.915. The second-order valence-corrected chi connectivity index (χ2v) is 6.93. The van der Waals surface area contributed by atoms with Gasteiger partial charge in [0.1, 0.15) is 0 Å². The van der Waals surface area contributed by atoms with Crippen molar-refractivity contribution >= 4 is 21.6 Å². The molecule has 1 heterocycles. The normalized spacial score (nSPS) is 21.3. The van der Waals surface area contributed by atoms with E-state index in [-0.39, 0.29) is 4.90 Å². The Hall–Kier alpha value is -0.620. The summed E-state index contributed by atoms with van der Waals surface area (Å²) in [5, 5.41) is 0.429. The average Bonchev–Trinajstić information content (AvgIpc) is 2.73. The molecule has 0 aliphatic carbocycles. The van der Waals surface area contributed by atoms with E-state index in [4.69, 9.17) is 11.6 Å². The summed E-state index contributed by atoms with van der Waals surface area (Å²) in [6.45, 7) is 2.46. The number of nitrogens with one attached hydrogen (secondary N) is 1. The zero-order valence-electron chi connectivity index (χ0n) is 10.3. The molecule has 0 aromatic heterocycles. The fraction of sp³-hybridized carbons (Fsp3) is 0.500. The van der Waals surface area contributed by atoms with E-state index in [0.717, 1.165) is 19.5 Å². The lowest BCUT2D eigenvalue weighted by Gasteiger charge is -2.12. The second-order valence-electron chi connectivity index (χ2n) is 4.73. The van der Waals surface area contributed by atoms with E-state index in [1.807, 2.05) is 7.05 Å². The highest BCUT2D eigenvalue weighted by Gasteiger charge is 2.22. The largest absolute Gasteiger partial charge is 0.306 e. The first-order valence-corrected chi connectivity index (χ1v) is 7.77. The van der Waals surface area contributed by atoms with E-state index < -0.39 is 10.0 Å². The number of hydrogen-bond donors (Lipinski definition) is 1. The van der Waals surface area contributed by atoms with Crippen molar-refractivity contribution in [2.75, 3.05) is 26.7 Å². The highest BCUT2D eigenvalue weighted by Crippen LogP contribution is 2.17. The molecule has 1 aromatic rings. The van der Waals surface area contributed by atoms with Crippen LogP contribution in [0.15, 0.2) is 29.2 Å². The summed E-state index contributed by atoms with van der Waals surface area (Å²) in [5.74, 6) is 0.393. The lowest BCUT2D eigenvalue weighted by Crippen LogP contribution is -2.30. The maximum absolute atomic E-state index is 12.0. The molecule has 1 aliphatic heterocycles. The van der Waals surface area contributed by atoms with Gasteiger partial charge in [-0.1, -0.05) is 17.7 Å². The van der Waals surface area contributed by atoms with Gasteiger partial charge in [0.25, 0.3) is 0 Å². The van der Waals surface area contributed by atoms with Crippen molar-refractivity contribution in [3.8, 4) is 0 Å². The van der Waals surface area contributed by atoms with Crippen LogP contribution in [0.2, 0.25) is 5.02 Å². The summed E-state index contributed by atoms with van der Waals surface area (Å²) < 4.78 is 26.7. The van der Waals surface area contributed by atoms with Crippen molar-refractivity contribution in [1.82, 2.24) is 9.62 Å². The lowest BCUT2D eigenvalue weighted by molar-refractivity contribution is 0.394. The van der Waals surface area contributed by atoms with E-state index in [1.165, 1.54) is 6.07 Å². The first-order valence-electron chi connectivity index (χ1n) is 5.91. The van der Waals surface area contributed by atoms with Crippen molar-refractivity contribution in [2.45, 2.75) is 11.3 Å². The van der Waals surface area contributed by atoms with Crippen molar-refractivity contribution in [2.24, 2.45) is 5.92 Å². The summed E-state index contributed by atoms with van der Waals surface area (Å²) in [4.78, 5) is 2.43. The van der Waals surface area contributed by atoms with Gasteiger partial charge < -0.3 is 4.90 Å². The van der Waals surface area contributed by atoms with Gasteiger partial charge in [-0.25, -0.2) is 13.1 Å². The van der Waals surface area contributed by atoms with Crippen molar-refractivity contribution in [1.29, 1.82) is 0 Å². The second kappa shape index (κ2) is 5.57. The van der Waals surface area contributed by atoms with Crippen molar-refractivity contribution in [3.63, 3.8) is 0 Å². The van der Waals surface area contributed by atoms with Gasteiger partial charge in [-0.2, -0.15) is 0 Å². The van der Waals surface area contributed by atoms with Crippen LogP contribution in [0.3, 0.4) is 0 Å². The summed E-state index contributed by atoms with van der Waals surface area (Å²) >= 11 is 5.80. The molecule has 1 aromatic carbocycles. The molecule has 1 saturated heterocycles. The Morgan fingerprint density at radius 1 is 1.50 bits per heavy atom. The van der Waals surface area contributed by atoms with Gasteiger partial charge in [0.2, 0.25) is 10.0 Å². The van der Waals surface area contributed by atoms with Crippen LogP contribution in [0.5, 0.6) is 0 Å². The fourth-order valence-corrected chi connectivity index (χ4v) is 3.55. The van der Waals surface area contributed by atoms with E-state index >= 15 is 0 Å². The predicted molar refractivity (Wildman–Crippen MR) is 72.2 cm³/mol. The van der Waals surface area contributed by atoms with E-state index in [0.29, 0.717) is 17.5 Å². The monoisotopic (exact) mass is 288 g/mol. The Bertz CT molecular complexity index is 519. The number of rotatable bonds is 4. The van der Waals surface area contributed by atoms with Crippen LogP contribution in [-0.4, -0.2) is 40.0 Å². The van der Waals surface area contributed by atoms with Gasteiger partial charge in [0.05, 0.1) is 4.90 Å². The molecule has 1 N–H and O–H groups in total. The Kier molecular flexibility index (Phi) is 4.27. The highest BCUT2D eigenvalue weighted by molar-refractivity contribution is 7.89. The van der Waals surface area contributed by atoms with Crippen LogP contribution in [0.4, 0.5) is 0 Å². The molecule has 4 nitrogen and oxygen atoms in total. The third-order valence-corrected chi connectivity index (χ3v) is 4.81. The molecular formula is C12H17ClN2O2S. The van der Waals surface area contributed by atoms with Crippen molar-refractivity contribution in [3.05, 3.63) is 29.3 Å². The Morgan fingerprint density at radius 2 is 2.28 bits per heavy atom. The zero-order valence-corrected chi connectivity index (χ0v) is 11.8. The predicted octanol–water partition coefficient (Wildman–Crippen LogP) is 1.57. The van der Waals surface area contributed by atoms with Crippen LogP contribution in [0, 0.1) is 5.92 Å². The molecule has 0 amide bonds. The molecule has 100 valence electrons. The molecule has 0 radical (unpaired) electrons.